The van der Waals surface area contributed by atoms with E-state index in [2.05, 4.69) is 59.6 Å². The van der Waals surface area contributed by atoms with E-state index in [-0.39, 0.29) is 0 Å². The number of ether oxygens (including phenoxy) is 2. The summed E-state index contributed by atoms with van der Waals surface area (Å²) >= 11 is 0. The number of nitrogens with zero attached hydrogens (tertiary/aromatic N) is 2. The Morgan fingerprint density at radius 3 is 2.69 bits per heavy atom. The molecule has 0 aliphatic carbocycles. The first-order valence-electron chi connectivity index (χ1n) is 10.4. The number of hydrogen-bond acceptors (Lipinski definition) is 5. The molecular weight excluding hydrogens is 362 g/mol. The average Bonchev–Trinajstić information content (AvgIpc) is 2.72. The van der Waals surface area contributed by atoms with E-state index in [4.69, 9.17) is 14.7 Å². The van der Waals surface area contributed by atoms with Crippen molar-refractivity contribution in [2.45, 2.75) is 45.5 Å². The van der Waals surface area contributed by atoms with Crippen molar-refractivity contribution in [3.63, 3.8) is 0 Å². The Labute approximate surface area is 174 Å². The van der Waals surface area contributed by atoms with E-state index in [1.54, 1.807) is 0 Å². The Morgan fingerprint density at radius 2 is 1.90 bits per heavy atom. The van der Waals surface area contributed by atoms with Crippen LogP contribution in [0, 0.1) is 11.3 Å². The highest BCUT2D eigenvalue weighted by atomic mass is 16.5. The summed E-state index contributed by atoms with van der Waals surface area (Å²) in [6, 6.07) is 19.1. The van der Waals surface area contributed by atoms with Gasteiger partial charge >= 0.3 is 0 Å². The first kappa shape index (κ1) is 21.3. The minimum atomic E-state index is 0.319. The molecule has 2 aromatic rings. The van der Waals surface area contributed by atoms with Gasteiger partial charge in [-0.15, -0.1) is 0 Å². The van der Waals surface area contributed by atoms with E-state index < -0.39 is 0 Å². The van der Waals surface area contributed by atoms with Crippen molar-refractivity contribution in [2.75, 3.05) is 26.3 Å². The van der Waals surface area contributed by atoms with E-state index in [0.29, 0.717) is 19.1 Å². The minimum absolute atomic E-state index is 0.319. The van der Waals surface area contributed by atoms with Gasteiger partial charge in [-0.05, 0) is 42.2 Å². The zero-order chi connectivity index (χ0) is 20.3. The molecule has 0 saturated carbocycles. The first-order chi connectivity index (χ1) is 14.2. The summed E-state index contributed by atoms with van der Waals surface area (Å²) in [5.74, 6) is 0.865. The molecule has 1 atom stereocenters. The van der Waals surface area contributed by atoms with Gasteiger partial charge in [0.2, 0.25) is 0 Å². The molecular formula is C24H31N3O2. The number of hydrogen-bond donors (Lipinski definition) is 1. The molecule has 0 aromatic heterocycles. The highest BCUT2D eigenvalue weighted by molar-refractivity contribution is 5.29. The maximum absolute atomic E-state index is 8.59. The molecule has 1 heterocycles. The molecule has 1 unspecified atom stereocenters. The Hall–Kier alpha value is -2.39. The lowest BCUT2D eigenvalue weighted by Gasteiger charge is -2.31. The lowest BCUT2D eigenvalue weighted by atomic mass is 10.1. The van der Waals surface area contributed by atoms with Gasteiger partial charge in [0.15, 0.2) is 0 Å². The zero-order valence-corrected chi connectivity index (χ0v) is 17.3. The van der Waals surface area contributed by atoms with Crippen LogP contribution in [0.4, 0.5) is 0 Å². The van der Waals surface area contributed by atoms with Gasteiger partial charge in [0.25, 0.3) is 0 Å². The smallest absolute Gasteiger partial charge is 0.119 e. The Balaban J connectivity index is 1.45. The van der Waals surface area contributed by atoms with Crippen molar-refractivity contribution in [3.05, 3.63) is 65.2 Å². The van der Waals surface area contributed by atoms with Crippen LogP contribution in [0.3, 0.4) is 0 Å². The van der Waals surface area contributed by atoms with Gasteiger partial charge in [0.1, 0.15) is 5.75 Å². The van der Waals surface area contributed by atoms with Crippen molar-refractivity contribution in [1.82, 2.24) is 10.2 Å². The summed E-state index contributed by atoms with van der Waals surface area (Å²) < 4.78 is 11.3. The number of unbranched alkanes of at least 4 members (excludes halogenated alkanes) is 1. The third-order valence-corrected chi connectivity index (χ3v) is 4.98. The van der Waals surface area contributed by atoms with Crippen LogP contribution in [0.2, 0.25) is 0 Å². The minimum Gasteiger partial charge on any atom is -0.494 e. The molecule has 1 N–H and O–H groups in total. The molecule has 0 amide bonds. The van der Waals surface area contributed by atoms with Gasteiger partial charge in [-0.3, -0.25) is 4.90 Å². The van der Waals surface area contributed by atoms with Gasteiger partial charge < -0.3 is 14.8 Å². The Morgan fingerprint density at radius 1 is 1.14 bits per heavy atom. The van der Waals surface area contributed by atoms with Crippen LogP contribution >= 0.6 is 0 Å². The van der Waals surface area contributed by atoms with Crippen molar-refractivity contribution < 1.29 is 9.47 Å². The molecule has 29 heavy (non-hydrogen) atoms. The van der Waals surface area contributed by atoms with E-state index in [0.717, 1.165) is 51.5 Å². The maximum atomic E-state index is 8.59. The number of nitrogens with one attached hydrogen (secondary N) is 1. The Kier molecular flexibility index (Phi) is 8.51. The third kappa shape index (κ3) is 7.51. The number of nitriles is 1. The standard InChI is InChI=1S/C24H31N3O2/c1-20-18-27(11-13-28-20)19-23-8-4-6-21(14-23)16-26-17-22-7-5-9-24(15-22)29-12-3-2-10-25/h4-9,14-15,20,26H,2-3,11-13,16-19H2,1H3. The molecule has 1 saturated heterocycles. The highest BCUT2D eigenvalue weighted by Gasteiger charge is 2.16. The molecule has 5 heteroatoms. The molecule has 154 valence electrons. The fourth-order valence-electron chi connectivity index (χ4n) is 3.57. The van der Waals surface area contributed by atoms with E-state index in [9.17, 15) is 0 Å². The summed E-state index contributed by atoms with van der Waals surface area (Å²) in [4.78, 5) is 2.46. The lowest BCUT2D eigenvalue weighted by molar-refractivity contribution is -0.0212. The van der Waals surface area contributed by atoms with Gasteiger partial charge in [-0.2, -0.15) is 5.26 Å². The van der Waals surface area contributed by atoms with E-state index >= 15 is 0 Å². The summed E-state index contributed by atoms with van der Waals surface area (Å²) in [5, 5.41) is 12.1. The van der Waals surface area contributed by atoms with Crippen molar-refractivity contribution in [1.29, 1.82) is 5.26 Å². The predicted octanol–water partition coefficient (Wildman–Crippen LogP) is 3.88. The quantitative estimate of drug-likeness (QED) is 0.621. The van der Waals surface area contributed by atoms with Crippen molar-refractivity contribution in [2.24, 2.45) is 0 Å². The van der Waals surface area contributed by atoms with Gasteiger partial charge in [-0.1, -0.05) is 36.4 Å². The molecule has 0 spiro atoms. The second-order valence-electron chi connectivity index (χ2n) is 7.60. The highest BCUT2D eigenvalue weighted by Crippen LogP contribution is 2.15. The largest absolute Gasteiger partial charge is 0.494 e. The summed E-state index contributed by atoms with van der Waals surface area (Å²) in [7, 11) is 0. The fourth-order valence-corrected chi connectivity index (χ4v) is 3.57. The average molecular weight is 394 g/mol. The maximum Gasteiger partial charge on any atom is 0.119 e. The topological polar surface area (TPSA) is 57.5 Å². The van der Waals surface area contributed by atoms with Crippen LogP contribution in [0.1, 0.15) is 36.5 Å². The summed E-state index contributed by atoms with van der Waals surface area (Å²) in [6.45, 7) is 8.15. The van der Waals surface area contributed by atoms with Crippen LogP contribution < -0.4 is 10.1 Å². The number of benzene rings is 2. The SMILES string of the molecule is CC1CN(Cc2cccc(CNCc3cccc(OCCCC#N)c3)c2)CCO1. The van der Waals surface area contributed by atoms with E-state index in [1.165, 1.54) is 16.7 Å². The molecule has 1 aliphatic rings. The van der Waals surface area contributed by atoms with Gasteiger partial charge in [-0.25, -0.2) is 0 Å². The first-order valence-corrected chi connectivity index (χ1v) is 10.4. The molecule has 0 bridgehead atoms. The summed E-state index contributed by atoms with van der Waals surface area (Å²) in [5.41, 5.74) is 3.85. The molecule has 1 aliphatic heterocycles. The van der Waals surface area contributed by atoms with Crippen LogP contribution in [0.25, 0.3) is 0 Å². The van der Waals surface area contributed by atoms with Gasteiger partial charge in [0, 0.05) is 39.1 Å². The lowest BCUT2D eigenvalue weighted by Crippen LogP contribution is -2.40. The molecule has 0 radical (unpaired) electrons. The Bertz CT molecular complexity index is 803. The van der Waals surface area contributed by atoms with Crippen LogP contribution in [-0.2, 0) is 24.4 Å². The van der Waals surface area contributed by atoms with Crippen molar-refractivity contribution >= 4 is 0 Å². The van der Waals surface area contributed by atoms with Crippen LogP contribution in [0.15, 0.2) is 48.5 Å². The summed E-state index contributed by atoms with van der Waals surface area (Å²) in [6.07, 6.45) is 1.61. The molecule has 1 fully saturated rings. The number of morpholine rings is 1. The third-order valence-electron chi connectivity index (χ3n) is 4.98. The predicted molar refractivity (Wildman–Crippen MR) is 114 cm³/mol. The van der Waals surface area contributed by atoms with Crippen molar-refractivity contribution in [3.8, 4) is 11.8 Å². The normalized spacial score (nSPS) is 17.0. The van der Waals surface area contributed by atoms with Crippen LogP contribution in [-0.4, -0.2) is 37.3 Å². The second-order valence-corrected chi connectivity index (χ2v) is 7.60. The van der Waals surface area contributed by atoms with E-state index in [1.807, 2.05) is 12.1 Å². The van der Waals surface area contributed by atoms with Crippen LogP contribution in [0.5, 0.6) is 5.75 Å². The second kappa shape index (κ2) is 11.6. The monoisotopic (exact) mass is 393 g/mol. The number of rotatable bonds is 10. The fraction of sp³-hybridized carbons (Fsp3) is 0.458. The molecule has 5 nitrogen and oxygen atoms in total. The zero-order valence-electron chi connectivity index (χ0n) is 17.3. The molecule has 2 aromatic carbocycles. The van der Waals surface area contributed by atoms with Gasteiger partial charge in [0.05, 0.1) is 25.4 Å². The molecule has 3 rings (SSSR count).